The number of rotatable bonds is 4. The van der Waals surface area contributed by atoms with E-state index in [0.717, 1.165) is 22.4 Å². The summed E-state index contributed by atoms with van der Waals surface area (Å²) in [7, 11) is 0. The van der Waals surface area contributed by atoms with Crippen molar-refractivity contribution in [1.82, 2.24) is 9.97 Å². The first-order chi connectivity index (χ1) is 12.7. The predicted octanol–water partition coefficient (Wildman–Crippen LogP) is 6.47. The van der Waals surface area contributed by atoms with Crippen molar-refractivity contribution in [1.29, 1.82) is 0 Å². The third kappa shape index (κ3) is 3.57. The predicted molar refractivity (Wildman–Crippen MR) is 106 cm³/mol. The number of ether oxygens (including phenoxy) is 1. The highest BCUT2D eigenvalue weighted by molar-refractivity contribution is 6.35. The van der Waals surface area contributed by atoms with E-state index in [1.165, 1.54) is 0 Å². The molecule has 26 heavy (non-hydrogen) atoms. The fraction of sp³-hybridized carbons (Fsp3) is 0. The Balaban J connectivity index is 1.54. The monoisotopic (exact) mass is 381 g/mol. The molecule has 0 saturated carbocycles. The molecule has 4 aromatic rings. The minimum absolute atomic E-state index is 0.465. The van der Waals surface area contributed by atoms with Crippen LogP contribution >= 0.6 is 23.2 Å². The second-order valence-electron chi connectivity index (χ2n) is 5.57. The van der Waals surface area contributed by atoms with Gasteiger partial charge in [-0.05, 0) is 54.6 Å². The van der Waals surface area contributed by atoms with Crippen LogP contribution in [0.2, 0.25) is 10.0 Å². The van der Waals surface area contributed by atoms with Crippen LogP contribution in [0.15, 0.2) is 73.1 Å². The minimum atomic E-state index is 0.465. The van der Waals surface area contributed by atoms with E-state index in [4.69, 9.17) is 27.9 Å². The van der Waals surface area contributed by atoms with Gasteiger partial charge in [0.2, 0.25) is 0 Å². The topological polar surface area (TPSA) is 47.0 Å². The highest BCUT2D eigenvalue weighted by Crippen LogP contribution is 2.32. The number of anilines is 2. The second-order valence-corrected chi connectivity index (χ2v) is 6.41. The molecule has 6 heteroatoms. The van der Waals surface area contributed by atoms with E-state index < -0.39 is 0 Å². The largest absolute Gasteiger partial charge is 0.456 e. The number of aromatic nitrogens is 2. The number of hydrogen-bond acceptors (Lipinski definition) is 4. The molecule has 0 saturated heterocycles. The van der Waals surface area contributed by atoms with Crippen molar-refractivity contribution >= 4 is 45.6 Å². The first-order valence-electron chi connectivity index (χ1n) is 7.89. The third-order valence-electron chi connectivity index (χ3n) is 3.78. The van der Waals surface area contributed by atoms with Crippen molar-refractivity contribution in [3.63, 3.8) is 0 Å². The van der Waals surface area contributed by atoms with Crippen LogP contribution in [-0.4, -0.2) is 9.97 Å². The number of para-hydroxylation sites is 1. The van der Waals surface area contributed by atoms with Gasteiger partial charge < -0.3 is 10.1 Å². The van der Waals surface area contributed by atoms with Gasteiger partial charge in [0, 0.05) is 16.1 Å². The smallest absolute Gasteiger partial charge is 0.146 e. The van der Waals surface area contributed by atoms with Gasteiger partial charge in [0.25, 0.3) is 0 Å². The summed E-state index contributed by atoms with van der Waals surface area (Å²) in [5.41, 5.74) is 1.78. The Bertz CT molecular complexity index is 1060. The van der Waals surface area contributed by atoms with Gasteiger partial charge in [-0.25, -0.2) is 9.97 Å². The maximum absolute atomic E-state index is 6.14. The van der Waals surface area contributed by atoms with Crippen LogP contribution in [0.3, 0.4) is 0 Å². The third-order valence-corrected chi connectivity index (χ3v) is 4.31. The van der Waals surface area contributed by atoms with Crippen molar-refractivity contribution in [2.45, 2.75) is 0 Å². The summed E-state index contributed by atoms with van der Waals surface area (Å²) >= 11 is 12.0. The van der Waals surface area contributed by atoms with Gasteiger partial charge in [-0.2, -0.15) is 0 Å². The van der Waals surface area contributed by atoms with E-state index in [0.29, 0.717) is 21.5 Å². The highest BCUT2D eigenvalue weighted by atomic mass is 35.5. The number of hydrogen-bond donors (Lipinski definition) is 1. The van der Waals surface area contributed by atoms with E-state index in [1.54, 1.807) is 24.5 Å². The van der Waals surface area contributed by atoms with Gasteiger partial charge in [-0.15, -0.1) is 0 Å². The molecule has 0 bridgehead atoms. The second kappa shape index (κ2) is 7.20. The summed E-state index contributed by atoms with van der Waals surface area (Å²) in [6.07, 6.45) is 1.55. The first kappa shape index (κ1) is 16.6. The fourth-order valence-electron chi connectivity index (χ4n) is 2.53. The molecular weight excluding hydrogens is 369 g/mol. The summed E-state index contributed by atoms with van der Waals surface area (Å²) in [4.78, 5) is 8.59. The number of fused-ring (bicyclic) bond motifs is 1. The summed E-state index contributed by atoms with van der Waals surface area (Å²) in [5, 5.41) is 5.30. The SMILES string of the molecule is Clc1ccc(Oc2ccc(Nc3ncnc4ccccc34)cc2)c(Cl)c1. The lowest BCUT2D eigenvalue weighted by atomic mass is 10.2. The molecule has 0 atom stereocenters. The van der Waals surface area contributed by atoms with E-state index in [1.807, 2.05) is 48.5 Å². The number of halogens is 2. The van der Waals surface area contributed by atoms with Crippen LogP contribution in [0.25, 0.3) is 10.9 Å². The molecule has 0 radical (unpaired) electrons. The zero-order valence-electron chi connectivity index (χ0n) is 13.5. The van der Waals surface area contributed by atoms with E-state index in [-0.39, 0.29) is 0 Å². The van der Waals surface area contributed by atoms with Crippen LogP contribution in [-0.2, 0) is 0 Å². The number of nitrogens with zero attached hydrogens (tertiary/aromatic N) is 2. The van der Waals surface area contributed by atoms with Gasteiger partial charge in [-0.3, -0.25) is 0 Å². The molecule has 4 rings (SSSR count). The molecule has 0 unspecified atom stereocenters. The molecule has 3 aromatic carbocycles. The zero-order valence-corrected chi connectivity index (χ0v) is 15.0. The molecule has 0 aliphatic rings. The lowest BCUT2D eigenvalue weighted by Crippen LogP contribution is -1.95. The molecule has 4 nitrogen and oxygen atoms in total. The fourth-order valence-corrected chi connectivity index (χ4v) is 2.98. The van der Waals surface area contributed by atoms with Gasteiger partial charge in [-0.1, -0.05) is 35.3 Å². The van der Waals surface area contributed by atoms with Crippen molar-refractivity contribution in [3.05, 3.63) is 83.1 Å². The zero-order chi connectivity index (χ0) is 17.9. The molecule has 1 aromatic heterocycles. The molecule has 0 amide bonds. The van der Waals surface area contributed by atoms with Crippen molar-refractivity contribution < 1.29 is 4.74 Å². The summed E-state index contributed by atoms with van der Waals surface area (Å²) in [6, 6.07) is 20.5. The van der Waals surface area contributed by atoms with Crippen molar-refractivity contribution in [2.24, 2.45) is 0 Å². The molecule has 0 aliphatic heterocycles. The standard InChI is InChI=1S/C20H13Cl2N3O/c21-13-5-10-19(17(22)11-13)26-15-8-6-14(7-9-15)25-20-16-3-1-2-4-18(16)23-12-24-20/h1-12H,(H,23,24,25). The average Bonchev–Trinajstić information content (AvgIpc) is 2.66. The Morgan fingerprint density at radius 2 is 1.65 bits per heavy atom. The first-order valence-corrected chi connectivity index (χ1v) is 8.64. The van der Waals surface area contributed by atoms with Gasteiger partial charge >= 0.3 is 0 Å². The molecule has 0 fully saturated rings. The maximum atomic E-state index is 6.14. The average molecular weight is 382 g/mol. The molecule has 1 N–H and O–H groups in total. The van der Waals surface area contributed by atoms with Crippen molar-refractivity contribution in [2.75, 3.05) is 5.32 Å². The summed E-state index contributed by atoms with van der Waals surface area (Å²) in [5.74, 6) is 1.98. The summed E-state index contributed by atoms with van der Waals surface area (Å²) in [6.45, 7) is 0. The Kier molecular flexibility index (Phi) is 4.61. The Labute approximate surface area is 160 Å². The normalized spacial score (nSPS) is 10.7. The Hall–Kier alpha value is -2.82. The molecule has 128 valence electrons. The van der Waals surface area contributed by atoms with E-state index >= 15 is 0 Å². The van der Waals surface area contributed by atoms with Gasteiger partial charge in [0.1, 0.15) is 23.6 Å². The quantitative estimate of drug-likeness (QED) is 0.439. The molecular formula is C20H13Cl2N3O. The van der Waals surface area contributed by atoms with Crippen LogP contribution in [0.1, 0.15) is 0 Å². The molecule has 0 spiro atoms. The van der Waals surface area contributed by atoms with E-state index in [2.05, 4.69) is 15.3 Å². The van der Waals surface area contributed by atoms with Crippen LogP contribution in [0.5, 0.6) is 11.5 Å². The number of benzene rings is 3. The van der Waals surface area contributed by atoms with E-state index in [9.17, 15) is 0 Å². The van der Waals surface area contributed by atoms with Gasteiger partial charge in [0.15, 0.2) is 0 Å². The number of nitrogens with one attached hydrogen (secondary N) is 1. The highest BCUT2D eigenvalue weighted by Gasteiger charge is 2.06. The maximum Gasteiger partial charge on any atom is 0.146 e. The van der Waals surface area contributed by atoms with Crippen molar-refractivity contribution in [3.8, 4) is 11.5 Å². The molecule has 1 heterocycles. The lowest BCUT2D eigenvalue weighted by molar-refractivity contribution is 0.483. The Morgan fingerprint density at radius 3 is 2.46 bits per heavy atom. The van der Waals surface area contributed by atoms with Crippen LogP contribution in [0.4, 0.5) is 11.5 Å². The summed E-state index contributed by atoms with van der Waals surface area (Å²) < 4.78 is 5.80. The van der Waals surface area contributed by atoms with Crippen LogP contribution in [0, 0.1) is 0 Å². The van der Waals surface area contributed by atoms with Gasteiger partial charge in [0.05, 0.1) is 10.5 Å². The minimum Gasteiger partial charge on any atom is -0.456 e. The molecule has 0 aliphatic carbocycles. The van der Waals surface area contributed by atoms with Crippen LogP contribution < -0.4 is 10.1 Å². The Morgan fingerprint density at radius 1 is 0.846 bits per heavy atom. The lowest BCUT2D eigenvalue weighted by Gasteiger charge is -2.10.